The first-order valence-corrected chi connectivity index (χ1v) is 10.7. The lowest BCUT2D eigenvalue weighted by Gasteiger charge is -2.26. The summed E-state index contributed by atoms with van der Waals surface area (Å²) < 4.78 is 11.5. The van der Waals surface area contributed by atoms with Crippen molar-refractivity contribution in [3.05, 3.63) is 73.6 Å². The molecular weight excluding hydrogens is 439 g/mol. The standard InChI is InChI=1S/C23H22Cl2N2O4/c1-4-30-14-6-7-15-18(12-14)31-22-19(21(15)28)20(13-5-8-16(24)17(25)11-13)27(23(22)29)10-9-26(2)3/h5-8,11-12,20H,4,9-10H2,1-3H3. The number of halogens is 2. The summed E-state index contributed by atoms with van der Waals surface area (Å²) in [5.74, 6) is 0.309. The first kappa shape index (κ1) is 21.7. The maximum absolute atomic E-state index is 13.5. The maximum Gasteiger partial charge on any atom is 0.290 e. The van der Waals surface area contributed by atoms with E-state index in [1.165, 1.54) is 0 Å². The molecule has 31 heavy (non-hydrogen) atoms. The Morgan fingerprint density at radius 2 is 1.87 bits per heavy atom. The van der Waals surface area contributed by atoms with E-state index in [0.717, 1.165) is 0 Å². The van der Waals surface area contributed by atoms with Crippen LogP contribution in [0.3, 0.4) is 0 Å². The van der Waals surface area contributed by atoms with Crippen molar-refractivity contribution in [1.82, 2.24) is 9.80 Å². The number of likely N-dealkylation sites (N-methyl/N-ethyl adjacent to an activating group) is 1. The monoisotopic (exact) mass is 460 g/mol. The van der Waals surface area contributed by atoms with Gasteiger partial charge in [0.05, 0.1) is 33.6 Å². The van der Waals surface area contributed by atoms with Gasteiger partial charge in [-0.05, 0) is 50.8 Å². The molecule has 1 aromatic heterocycles. The zero-order valence-electron chi connectivity index (χ0n) is 17.4. The average molecular weight is 461 g/mol. The summed E-state index contributed by atoms with van der Waals surface area (Å²) in [6.45, 7) is 3.40. The summed E-state index contributed by atoms with van der Waals surface area (Å²) in [5, 5.41) is 1.16. The lowest BCUT2D eigenvalue weighted by molar-refractivity contribution is 0.0716. The fraction of sp³-hybridized carbons (Fsp3) is 0.304. The van der Waals surface area contributed by atoms with E-state index in [0.29, 0.717) is 57.6 Å². The largest absolute Gasteiger partial charge is 0.494 e. The molecule has 1 amide bonds. The first-order chi connectivity index (χ1) is 14.8. The summed E-state index contributed by atoms with van der Waals surface area (Å²) in [6.07, 6.45) is 0. The molecular formula is C23H22Cl2N2O4. The van der Waals surface area contributed by atoms with Gasteiger partial charge in [-0.1, -0.05) is 29.3 Å². The summed E-state index contributed by atoms with van der Waals surface area (Å²) >= 11 is 12.3. The summed E-state index contributed by atoms with van der Waals surface area (Å²) in [5.41, 5.74) is 1.11. The van der Waals surface area contributed by atoms with E-state index >= 15 is 0 Å². The van der Waals surface area contributed by atoms with Gasteiger partial charge in [0.2, 0.25) is 5.76 Å². The quantitative estimate of drug-likeness (QED) is 0.537. The predicted molar refractivity (Wildman–Crippen MR) is 122 cm³/mol. The van der Waals surface area contributed by atoms with Crippen LogP contribution in [0.25, 0.3) is 11.0 Å². The second kappa shape index (κ2) is 8.54. The Kier molecular flexibility index (Phi) is 5.97. The van der Waals surface area contributed by atoms with Crippen molar-refractivity contribution in [2.24, 2.45) is 0 Å². The van der Waals surface area contributed by atoms with Crippen LogP contribution in [0.2, 0.25) is 10.0 Å². The van der Waals surface area contributed by atoms with E-state index in [1.54, 1.807) is 41.3 Å². The van der Waals surface area contributed by atoms with Crippen molar-refractivity contribution in [3.63, 3.8) is 0 Å². The lowest BCUT2D eigenvalue weighted by atomic mass is 9.98. The molecule has 1 unspecified atom stereocenters. The molecule has 0 fully saturated rings. The Balaban J connectivity index is 1.92. The Labute approximate surface area is 189 Å². The van der Waals surface area contributed by atoms with Gasteiger partial charge < -0.3 is 19.0 Å². The molecule has 2 heterocycles. The van der Waals surface area contributed by atoms with E-state index in [2.05, 4.69) is 0 Å². The second-order valence-corrected chi connectivity index (χ2v) is 8.46. The van der Waals surface area contributed by atoms with Gasteiger partial charge in [-0.15, -0.1) is 0 Å². The van der Waals surface area contributed by atoms with Crippen LogP contribution in [0.1, 0.15) is 34.6 Å². The van der Waals surface area contributed by atoms with Crippen molar-refractivity contribution < 1.29 is 13.9 Å². The first-order valence-electron chi connectivity index (χ1n) is 9.96. The van der Waals surface area contributed by atoms with Crippen molar-refractivity contribution in [1.29, 1.82) is 0 Å². The number of carbonyl (C=O) groups is 1. The van der Waals surface area contributed by atoms with Crippen LogP contribution in [0.5, 0.6) is 5.75 Å². The molecule has 0 aliphatic carbocycles. The molecule has 6 nitrogen and oxygen atoms in total. The van der Waals surface area contributed by atoms with Crippen molar-refractivity contribution in [2.45, 2.75) is 13.0 Å². The summed E-state index contributed by atoms with van der Waals surface area (Å²) in [6, 6.07) is 9.58. The van der Waals surface area contributed by atoms with Crippen LogP contribution >= 0.6 is 23.2 Å². The molecule has 2 aromatic carbocycles. The van der Waals surface area contributed by atoms with Crippen LogP contribution in [-0.2, 0) is 0 Å². The van der Waals surface area contributed by atoms with Crippen LogP contribution in [0, 0.1) is 0 Å². The third-order valence-electron chi connectivity index (χ3n) is 5.30. The lowest BCUT2D eigenvalue weighted by Crippen LogP contribution is -2.35. The third kappa shape index (κ3) is 3.91. The predicted octanol–water partition coefficient (Wildman–Crippen LogP) is 4.61. The molecule has 0 saturated carbocycles. The summed E-state index contributed by atoms with van der Waals surface area (Å²) in [7, 11) is 3.85. The highest BCUT2D eigenvalue weighted by Gasteiger charge is 2.42. The molecule has 1 aliphatic rings. The molecule has 1 atom stereocenters. The molecule has 0 saturated heterocycles. The number of hydrogen-bond donors (Lipinski definition) is 0. The SMILES string of the molecule is CCOc1ccc2c(=O)c3c(oc2c1)C(=O)N(CCN(C)C)C3c1ccc(Cl)c(Cl)c1. The number of carbonyl (C=O) groups excluding carboxylic acids is 1. The number of ether oxygens (including phenoxy) is 1. The number of amides is 1. The molecule has 0 radical (unpaired) electrons. The van der Waals surface area contributed by atoms with Crippen molar-refractivity contribution in [3.8, 4) is 5.75 Å². The number of hydrogen-bond acceptors (Lipinski definition) is 5. The average Bonchev–Trinajstić information content (AvgIpc) is 3.01. The van der Waals surface area contributed by atoms with Gasteiger partial charge in [-0.25, -0.2) is 0 Å². The third-order valence-corrected chi connectivity index (χ3v) is 6.04. The van der Waals surface area contributed by atoms with Crippen LogP contribution < -0.4 is 10.2 Å². The zero-order chi connectivity index (χ0) is 22.3. The topological polar surface area (TPSA) is 63.0 Å². The Morgan fingerprint density at radius 3 is 2.55 bits per heavy atom. The van der Waals surface area contributed by atoms with Gasteiger partial charge >= 0.3 is 0 Å². The van der Waals surface area contributed by atoms with Crippen molar-refractivity contribution in [2.75, 3.05) is 33.8 Å². The van der Waals surface area contributed by atoms with Crippen LogP contribution in [0.4, 0.5) is 0 Å². The van der Waals surface area contributed by atoms with Gasteiger partial charge in [0.1, 0.15) is 11.3 Å². The fourth-order valence-electron chi connectivity index (χ4n) is 3.82. The highest BCUT2D eigenvalue weighted by atomic mass is 35.5. The highest BCUT2D eigenvalue weighted by Crippen LogP contribution is 2.40. The van der Waals surface area contributed by atoms with E-state index < -0.39 is 6.04 Å². The minimum Gasteiger partial charge on any atom is -0.494 e. The Morgan fingerprint density at radius 1 is 1.10 bits per heavy atom. The minimum atomic E-state index is -0.607. The van der Waals surface area contributed by atoms with E-state index in [-0.39, 0.29) is 17.1 Å². The van der Waals surface area contributed by atoms with Gasteiger partial charge in [-0.2, -0.15) is 0 Å². The van der Waals surface area contributed by atoms with E-state index in [4.69, 9.17) is 32.4 Å². The van der Waals surface area contributed by atoms with Gasteiger partial charge in [0, 0.05) is 19.2 Å². The molecule has 8 heteroatoms. The molecule has 1 aliphatic heterocycles. The zero-order valence-corrected chi connectivity index (χ0v) is 19.0. The fourth-order valence-corrected chi connectivity index (χ4v) is 4.13. The molecule has 162 valence electrons. The smallest absolute Gasteiger partial charge is 0.290 e. The van der Waals surface area contributed by atoms with Crippen LogP contribution in [0.15, 0.2) is 45.6 Å². The molecule has 4 rings (SSSR count). The second-order valence-electron chi connectivity index (χ2n) is 7.64. The molecule has 0 N–H and O–H groups in total. The molecule has 0 bridgehead atoms. The highest BCUT2D eigenvalue weighted by molar-refractivity contribution is 6.42. The van der Waals surface area contributed by atoms with Crippen molar-refractivity contribution >= 4 is 40.1 Å². The van der Waals surface area contributed by atoms with E-state index in [1.807, 2.05) is 25.9 Å². The van der Waals surface area contributed by atoms with Gasteiger partial charge in [0.25, 0.3) is 5.91 Å². The Bertz CT molecular complexity index is 1220. The van der Waals surface area contributed by atoms with Gasteiger partial charge in [0.15, 0.2) is 5.43 Å². The maximum atomic E-state index is 13.5. The minimum absolute atomic E-state index is 0.0565. The van der Waals surface area contributed by atoms with E-state index in [9.17, 15) is 9.59 Å². The Hall–Kier alpha value is -2.54. The number of fused-ring (bicyclic) bond motifs is 2. The van der Waals surface area contributed by atoms with Crippen LogP contribution in [-0.4, -0.2) is 49.5 Å². The number of nitrogens with zero attached hydrogens (tertiary/aromatic N) is 2. The van der Waals surface area contributed by atoms with Gasteiger partial charge in [-0.3, -0.25) is 9.59 Å². The molecule has 0 spiro atoms. The summed E-state index contributed by atoms with van der Waals surface area (Å²) in [4.78, 5) is 30.5. The normalized spacial score (nSPS) is 15.7. The number of benzene rings is 2. The number of rotatable bonds is 6. The molecule has 3 aromatic rings.